The highest BCUT2D eigenvalue weighted by atomic mass is 32.2. The fourth-order valence-corrected chi connectivity index (χ4v) is 5.22. The van der Waals surface area contributed by atoms with Gasteiger partial charge in [-0.2, -0.15) is 11.8 Å². The highest BCUT2D eigenvalue weighted by Gasteiger charge is 2.29. The third kappa shape index (κ3) is 4.71. The standard InChI is InChI=1S/C20H32N6OS/c1-23-5-2-6-25(10-9-23)19(27)17-3-7-24(8-4-17)18-15-21-20(22-16-18)26-11-13-28-14-12-26/h15-17H,2-14H2,1H3. The number of rotatable bonds is 3. The Bertz CT molecular complexity index is 643. The molecule has 0 aromatic carbocycles. The predicted octanol–water partition coefficient (Wildman–Crippen LogP) is 1.41. The van der Waals surface area contributed by atoms with Gasteiger partial charge in [0.25, 0.3) is 0 Å². The second kappa shape index (κ2) is 9.31. The van der Waals surface area contributed by atoms with E-state index < -0.39 is 0 Å². The summed E-state index contributed by atoms with van der Waals surface area (Å²) in [6, 6.07) is 0. The lowest BCUT2D eigenvalue weighted by atomic mass is 9.95. The number of amides is 1. The van der Waals surface area contributed by atoms with E-state index in [-0.39, 0.29) is 5.92 Å². The molecule has 3 aliphatic rings. The molecule has 0 aliphatic carbocycles. The van der Waals surface area contributed by atoms with Gasteiger partial charge in [0.2, 0.25) is 11.9 Å². The zero-order valence-electron chi connectivity index (χ0n) is 16.9. The van der Waals surface area contributed by atoms with Crippen molar-refractivity contribution in [2.45, 2.75) is 19.3 Å². The molecule has 154 valence electrons. The molecule has 3 fully saturated rings. The Labute approximate surface area is 172 Å². The summed E-state index contributed by atoms with van der Waals surface area (Å²) < 4.78 is 0. The minimum absolute atomic E-state index is 0.172. The summed E-state index contributed by atoms with van der Waals surface area (Å²) in [6.45, 7) is 7.75. The van der Waals surface area contributed by atoms with Crippen LogP contribution in [0.5, 0.6) is 0 Å². The van der Waals surface area contributed by atoms with Crippen molar-refractivity contribution in [3.63, 3.8) is 0 Å². The predicted molar refractivity (Wildman–Crippen MR) is 115 cm³/mol. The minimum atomic E-state index is 0.172. The molecule has 4 heterocycles. The van der Waals surface area contributed by atoms with Crippen molar-refractivity contribution in [3.8, 4) is 0 Å². The van der Waals surface area contributed by atoms with E-state index in [9.17, 15) is 4.79 Å². The summed E-state index contributed by atoms with van der Waals surface area (Å²) in [5.41, 5.74) is 1.08. The van der Waals surface area contributed by atoms with E-state index in [1.54, 1.807) is 0 Å². The van der Waals surface area contributed by atoms with Crippen molar-refractivity contribution in [1.29, 1.82) is 0 Å². The number of carbonyl (C=O) groups excluding carboxylic acids is 1. The monoisotopic (exact) mass is 404 g/mol. The van der Waals surface area contributed by atoms with Crippen molar-refractivity contribution >= 4 is 29.3 Å². The van der Waals surface area contributed by atoms with Gasteiger partial charge in [-0.25, -0.2) is 9.97 Å². The maximum atomic E-state index is 12.9. The largest absolute Gasteiger partial charge is 0.369 e. The van der Waals surface area contributed by atoms with Crippen LogP contribution in [0.4, 0.5) is 11.6 Å². The number of likely N-dealkylation sites (N-methyl/N-ethyl adjacent to an activating group) is 1. The van der Waals surface area contributed by atoms with E-state index in [0.717, 1.165) is 94.8 Å². The average molecular weight is 405 g/mol. The SMILES string of the molecule is CN1CCCN(C(=O)C2CCN(c3cnc(N4CCSCC4)nc3)CC2)CC1. The summed E-state index contributed by atoms with van der Waals surface area (Å²) >= 11 is 1.99. The normalized spacial score (nSPS) is 23.0. The Kier molecular flexibility index (Phi) is 6.57. The van der Waals surface area contributed by atoms with Gasteiger partial charge in [0.15, 0.2) is 0 Å². The van der Waals surface area contributed by atoms with Gasteiger partial charge in [0, 0.05) is 63.2 Å². The molecule has 0 saturated carbocycles. The van der Waals surface area contributed by atoms with E-state index in [4.69, 9.17) is 0 Å². The number of hydrogen-bond acceptors (Lipinski definition) is 7. The molecule has 1 amide bonds. The molecule has 0 unspecified atom stereocenters. The van der Waals surface area contributed by atoms with Crippen LogP contribution in [0, 0.1) is 5.92 Å². The highest BCUT2D eigenvalue weighted by molar-refractivity contribution is 7.99. The number of aromatic nitrogens is 2. The number of hydrogen-bond donors (Lipinski definition) is 0. The Hall–Kier alpha value is -1.54. The third-order valence-corrected chi connectivity index (χ3v) is 7.10. The number of nitrogens with zero attached hydrogens (tertiary/aromatic N) is 6. The zero-order valence-corrected chi connectivity index (χ0v) is 17.7. The molecule has 8 heteroatoms. The molecule has 0 spiro atoms. The van der Waals surface area contributed by atoms with Crippen LogP contribution < -0.4 is 9.80 Å². The fourth-order valence-electron chi connectivity index (χ4n) is 4.31. The van der Waals surface area contributed by atoms with E-state index in [1.807, 2.05) is 24.2 Å². The number of carbonyl (C=O) groups is 1. The van der Waals surface area contributed by atoms with Gasteiger partial charge < -0.3 is 19.6 Å². The molecule has 3 saturated heterocycles. The van der Waals surface area contributed by atoms with Crippen molar-refractivity contribution < 1.29 is 4.79 Å². The Morgan fingerprint density at radius 1 is 0.929 bits per heavy atom. The van der Waals surface area contributed by atoms with Crippen LogP contribution in [0.3, 0.4) is 0 Å². The lowest BCUT2D eigenvalue weighted by molar-refractivity contribution is -0.136. The topological polar surface area (TPSA) is 55.8 Å². The summed E-state index contributed by atoms with van der Waals surface area (Å²) in [5.74, 6) is 3.69. The summed E-state index contributed by atoms with van der Waals surface area (Å²) in [6.07, 6.45) is 6.85. The van der Waals surface area contributed by atoms with E-state index in [0.29, 0.717) is 5.91 Å². The molecule has 0 bridgehead atoms. The molecule has 1 aromatic heterocycles. The van der Waals surface area contributed by atoms with Crippen LogP contribution in [-0.4, -0.2) is 96.6 Å². The van der Waals surface area contributed by atoms with E-state index >= 15 is 0 Å². The summed E-state index contributed by atoms with van der Waals surface area (Å²) in [7, 11) is 2.14. The fraction of sp³-hybridized carbons (Fsp3) is 0.750. The quantitative estimate of drug-likeness (QED) is 0.755. The molecule has 7 nitrogen and oxygen atoms in total. The van der Waals surface area contributed by atoms with Gasteiger partial charge >= 0.3 is 0 Å². The van der Waals surface area contributed by atoms with Gasteiger partial charge in [-0.3, -0.25) is 4.79 Å². The molecule has 1 aromatic rings. The lowest BCUT2D eigenvalue weighted by Crippen LogP contribution is -2.43. The van der Waals surface area contributed by atoms with E-state index in [2.05, 4.69) is 36.6 Å². The van der Waals surface area contributed by atoms with Gasteiger partial charge in [0.05, 0.1) is 18.1 Å². The first-order chi connectivity index (χ1) is 13.7. The molecule has 3 aliphatic heterocycles. The van der Waals surface area contributed by atoms with Gasteiger partial charge in [-0.15, -0.1) is 0 Å². The molecule has 4 rings (SSSR count). The van der Waals surface area contributed by atoms with Crippen molar-refractivity contribution in [2.75, 3.05) is 80.7 Å². The minimum Gasteiger partial charge on any atom is -0.369 e. The van der Waals surface area contributed by atoms with Crippen LogP contribution in [0.15, 0.2) is 12.4 Å². The molecule has 0 radical (unpaired) electrons. The maximum absolute atomic E-state index is 12.9. The van der Waals surface area contributed by atoms with Crippen LogP contribution in [0.1, 0.15) is 19.3 Å². The summed E-state index contributed by atoms with van der Waals surface area (Å²) in [5, 5.41) is 0. The first-order valence-electron chi connectivity index (χ1n) is 10.6. The molecular formula is C20H32N6OS. The molecule has 0 N–H and O–H groups in total. The Morgan fingerprint density at radius 2 is 1.64 bits per heavy atom. The smallest absolute Gasteiger partial charge is 0.225 e. The molecular weight excluding hydrogens is 372 g/mol. The zero-order chi connectivity index (χ0) is 19.3. The number of piperidine rings is 1. The van der Waals surface area contributed by atoms with Crippen molar-refractivity contribution in [3.05, 3.63) is 12.4 Å². The van der Waals surface area contributed by atoms with Gasteiger partial charge in [-0.1, -0.05) is 0 Å². The second-order valence-electron chi connectivity index (χ2n) is 8.08. The van der Waals surface area contributed by atoms with Crippen LogP contribution in [-0.2, 0) is 4.79 Å². The van der Waals surface area contributed by atoms with Crippen LogP contribution in [0.2, 0.25) is 0 Å². The summed E-state index contributed by atoms with van der Waals surface area (Å²) in [4.78, 5) is 31.2. The lowest BCUT2D eigenvalue weighted by Gasteiger charge is -2.35. The van der Waals surface area contributed by atoms with Crippen LogP contribution >= 0.6 is 11.8 Å². The van der Waals surface area contributed by atoms with Crippen LogP contribution in [0.25, 0.3) is 0 Å². The average Bonchev–Trinajstić information content (AvgIpc) is 2.98. The number of thioether (sulfide) groups is 1. The number of anilines is 2. The van der Waals surface area contributed by atoms with Crippen molar-refractivity contribution in [2.24, 2.45) is 5.92 Å². The Balaban J connectivity index is 1.29. The van der Waals surface area contributed by atoms with E-state index in [1.165, 1.54) is 0 Å². The molecule has 28 heavy (non-hydrogen) atoms. The van der Waals surface area contributed by atoms with Gasteiger partial charge in [0.1, 0.15) is 0 Å². The van der Waals surface area contributed by atoms with Crippen molar-refractivity contribution in [1.82, 2.24) is 19.8 Å². The molecule has 0 atom stereocenters. The maximum Gasteiger partial charge on any atom is 0.225 e. The van der Waals surface area contributed by atoms with Gasteiger partial charge in [-0.05, 0) is 32.9 Å². The Morgan fingerprint density at radius 3 is 2.36 bits per heavy atom. The third-order valence-electron chi connectivity index (χ3n) is 6.16. The first-order valence-corrected chi connectivity index (χ1v) is 11.7. The highest BCUT2D eigenvalue weighted by Crippen LogP contribution is 2.25. The second-order valence-corrected chi connectivity index (χ2v) is 9.31. The first kappa shape index (κ1) is 19.8.